The molecule has 3 aromatic rings. The summed E-state index contributed by atoms with van der Waals surface area (Å²) in [5.41, 5.74) is 3.77. The number of imidazole rings is 1. The first-order valence-electron chi connectivity index (χ1n) is 6.70. The standard InChI is InChI=1S/C15H13ClN4O/c1-8-12-6-19(14-9(2)17-7-18-14)15(21)20(12)11-5-3-4-10(16)13(8)11/h3-5,7H,6H2,1-2H3,(H,17,18). The van der Waals surface area contributed by atoms with Gasteiger partial charge in [0.25, 0.3) is 0 Å². The molecule has 0 bridgehead atoms. The summed E-state index contributed by atoms with van der Waals surface area (Å²) in [4.78, 5) is 21.7. The van der Waals surface area contributed by atoms with Gasteiger partial charge < -0.3 is 4.98 Å². The maximum Gasteiger partial charge on any atom is 0.335 e. The predicted molar refractivity (Wildman–Crippen MR) is 82.0 cm³/mol. The molecule has 1 N–H and O–H groups in total. The van der Waals surface area contributed by atoms with Crippen LogP contribution in [0.4, 0.5) is 10.6 Å². The van der Waals surface area contributed by atoms with Crippen LogP contribution >= 0.6 is 11.6 Å². The first kappa shape index (κ1) is 12.5. The zero-order valence-electron chi connectivity index (χ0n) is 11.6. The lowest BCUT2D eigenvalue weighted by molar-refractivity contribution is 0.251. The number of nitrogens with one attached hydrogen (secondary N) is 1. The van der Waals surface area contributed by atoms with Gasteiger partial charge in [0.2, 0.25) is 0 Å². The van der Waals surface area contributed by atoms with E-state index in [2.05, 4.69) is 9.97 Å². The summed E-state index contributed by atoms with van der Waals surface area (Å²) in [5.74, 6) is 0.679. The Bertz CT molecular complexity index is 893. The molecule has 0 radical (unpaired) electrons. The number of amides is 1. The summed E-state index contributed by atoms with van der Waals surface area (Å²) >= 11 is 6.28. The second-order valence-electron chi connectivity index (χ2n) is 5.26. The number of aromatic nitrogens is 3. The van der Waals surface area contributed by atoms with E-state index in [4.69, 9.17) is 11.6 Å². The smallest absolute Gasteiger partial charge is 0.335 e. The molecule has 0 fully saturated rings. The molecule has 0 saturated heterocycles. The lowest BCUT2D eigenvalue weighted by atomic mass is 10.1. The Balaban J connectivity index is 1.94. The molecule has 1 aliphatic rings. The van der Waals surface area contributed by atoms with Crippen molar-refractivity contribution < 1.29 is 4.79 Å². The normalized spacial score (nSPS) is 14.2. The van der Waals surface area contributed by atoms with Crippen LogP contribution in [0.1, 0.15) is 17.0 Å². The number of carbonyl (C=O) groups is 1. The number of aromatic amines is 1. The molecule has 106 valence electrons. The van der Waals surface area contributed by atoms with Crippen LogP contribution in [0.2, 0.25) is 5.02 Å². The highest BCUT2D eigenvalue weighted by Gasteiger charge is 2.34. The monoisotopic (exact) mass is 300 g/mol. The summed E-state index contributed by atoms with van der Waals surface area (Å²) in [7, 11) is 0. The van der Waals surface area contributed by atoms with Crippen molar-refractivity contribution in [3.8, 4) is 0 Å². The fraction of sp³-hybridized carbons (Fsp3) is 0.200. The number of carbonyl (C=O) groups excluding carboxylic acids is 1. The van der Waals surface area contributed by atoms with Crippen molar-refractivity contribution in [3.05, 3.63) is 46.5 Å². The number of nitrogens with zero attached hydrogens (tertiary/aromatic N) is 3. The average Bonchev–Trinajstić information content (AvgIpc) is 3.08. The van der Waals surface area contributed by atoms with Crippen molar-refractivity contribution in [2.45, 2.75) is 20.4 Å². The summed E-state index contributed by atoms with van der Waals surface area (Å²) in [6.07, 6.45) is 1.60. The number of fused-ring (bicyclic) bond motifs is 3. The van der Waals surface area contributed by atoms with Crippen molar-refractivity contribution in [1.29, 1.82) is 0 Å². The van der Waals surface area contributed by atoms with Gasteiger partial charge in [0.1, 0.15) is 0 Å². The van der Waals surface area contributed by atoms with E-state index in [1.54, 1.807) is 15.8 Å². The molecule has 21 heavy (non-hydrogen) atoms. The lowest BCUT2D eigenvalue weighted by Crippen LogP contribution is -2.26. The van der Waals surface area contributed by atoms with E-state index in [9.17, 15) is 4.79 Å². The zero-order valence-corrected chi connectivity index (χ0v) is 12.4. The molecular formula is C15H13ClN4O. The Labute approximate surface area is 126 Å². The van der Waals surface area contributed by atoms with Gasteiger partial charge in [-0.2, -0.15) is 0 Å². The van der Waals surface area contributed by atoms with Crippen molar-refractivity contribution >= 4 is 34.4 Å². The van der Waals surface area contributed by atoms with Crippen molar-refractivity contribution in [3.63, 3.8) is 0 Å². The van der Waals surface area contributed by atoms with E-state index >= 15 is 0 Å². The van der Waals surface area contributed by atoms with Gasteiger partial charge in [-0.15, -0.1) is 0 Å². The maximum atomic E-state index is 12.8. The second kappa shape index (κ2) is 4.11. The Hall–Kier alpha value is -2.27. The summed E-state index contributed by atoms with van der Waals surface area (Å²) in [6, 6.07) is 5.57. The first-order chi connectivity index (χ1) is 10.1. The summed E-state index contributed by atoms with van der Waals surface area (Å²) < 4.78 is 1.74. The number of halogens is 1. The number of H-pyrrole nitrogens is 1. The quantitative estimate of drug-likeness (QED) is 0.746. The minimum absolute atomic E-state index is 0.0828. The first-order valence-corrected chi connectivity index (χ1v) is 7.07. The van der Waals surface area contributed by atoms with Crippen LogP contribution in [-0.4, -0.2) is 20.6 Å². The van der Waals surface area contributed by atoms with Crippen molar-refractivity contribution in [2.24, 2.45) is 0 Å². The van der Waals surface area contributed by atoms with Crippen LogP contribution in [0.5, 0.6) is 0 Å². The van der Waals surface area contributed by atoms with E-state index < -0.39 is 0 Å². The van der Waals surface area contributed by atoms with Gasteiger partial charge in [0, 0.05) is 5.39 Å². The lowest BCUT2D eigenvalue weighted by Gasteiger charge is -2.13. The second-order valence-corrected chi connectivity index (χ2v) is 5.67. The number of hydrogen-bond donors (Lipinski definition) is 1. The fourth-order valence-corrected chi connectivity index (χ4v) is 3.37. The summed E-state index contributed by atoms with van der Waals surface area (Å²) in [5, 5.41) is 1.64. The third kappa shape index (κ3) is 1.52. The number of benzene rings is 1. The van der Waals surface area contributed by atoms with Crippen molar-refractivity contribution in [1.82, 2.24) is 14.5 Å². The molecule has 0 atom stereocenters. The molecule has 1 aliphatic heterocycles. The molecule has 4 rings (SSSR count). The topological polar surface area (TPSA) is 53.9 Å². The Morgan fingerprint density at radius 3 is 2.86 bits per heavy atom. The van der Waals surface area contributed by atoms with Gasteiger partial charge in [-0.25, -0.2) is 9.78 Å². The zero-order chi connectivity index (χ0) is 14.7. The molecular weight excluding hydrogens is 288 g/mol. The van der Waals surface area contributed by atoms with Crippen LogP contribution in [0.3, 0.4) is 0 Å². The number of anilines is 1. The average molecular weight is 301 g/mol. The van der Waals surface area contributed by atoms with E-state index in [0.29, 0.717) is 17.4 Å². The third-order valence-electron chi connectivity index (χ3n) is 4.10. The Morgan fingerprint density at radius 1 is 1.33 bits per heavy atom. The molecule has 0 saturated carbocycles. The predicted octanol–water partition coefficient (Wildman–Crippen LogP) is 3.62. The number of rotatable bonds is 1. The Morgan fingerprint density at radius 2 is 2.14 bits per heavy atom. The van der Waals surface area contributed by atoms with E-state index in [0.717, 1.165) is 27.9 Å². The van der Waals surface area contributed by atoms with Gasteiger partial charge in [0.15, 0.2) is 5.82 Å². The highest BCUT2D eigenvalue weighted by atomic mass is 35.5. The van der Waals surface area contributed by atoms with Crippen LogP contribution in [0.25, 0.3) is 10.9 Å². The van der Waals surface area contributed by atoms with E-state index in [1.807, 2.05) is 32.0 Å². The number of hydrogen-bond acceptors (Lipinski definition) is 2. The van der Waals surface area contributed by atoms with Crippen LogP contribution in [0, 0.1) is 13.8 Å². The Kier molecular flexibility index (Phi) is 2.44. The van der Waals surface area contributed by atoms with Gasteiger partial charge in [-0.3, -0.25) is 9.47 Å². The maximum absolute atomic E-state index is 12.8. The van der Waals surface area contributed by atoms with E-state index in [1.165, 1.54) is 0 Å². The molecule has 0 aliphatic carbocycles. The largest absolute Gasteiger partial charge is 0.347 e. The van der Waals surface area contributed by atoms with Crippen LogP contribution < -0.4 is 4.90 Å². The van der Waals surface area contributed by atoms with Gasteiger partial charge in [-0.1, -0.05) is 17.7 Å². The minimum Gasteiger partial charge on any atom is -0.347 e. The van der Waals surface area contributed by atoms with Crippen LogP contribution in [0.15, 0.2) is 24.5 Å². The fourth-order valence-electron chi connectivity index (χ4n) is 3.06. The minimum atomic E-state index is -0.0828. The van der Waals surface area contributed by atoms with Gasteiger partial charge in [0.05, 0.1) is 34.8 Å². The molecule has 2 aromatic heterocycles. The highest BCUT2D eigenvalue weighted by Crippen LogP contribution is 2.36. The molecule has 6 heteroatoms. The molecule has 5 nitrogen and oxygen atoms in total. The van der Waals surface area contributed by atoms with Gasteiger partial charge in [-0.05, 0) is 31.5 Å². The van der Waals surface area contributed by atoms with Gasteiger partial charge >= 0.3 is 6.03 Å². The van der Waals surface area contributed by atoms with E-state index in [-0.39, 0.29) is 6.03 Å². The highest BCUT2D eigenvalue weighted by molar-refractivity contribution is 6.36. The molecule has 0 unspecified atom stereocenters. The SMILES string of the molecule is Cc1[nH]cnc1N1Cc2c(C)c3c(Cl)cccc3n2C1=O. The molecule has 3 heterocycles. The molecule has 1 aromatic carbocycles. The summed E-state index contributed by atoms with van der Waals surface area (Å²) in [6.45, 7) is 4.43. The third-order valence-corrected chi connectivity index (χ3v) is 4.41. The van der Waals surface area contributed by atoms with Crippen LogP contribution in [-0.2, 0) is 6.54 Å². The number of aryl methyl sites for hydroxylation is 2. The molecule has 0 spiro atoms. The van der Waals surface area contributed by atoms with Crippen molar-refractivity contribution in [2.75, 3.05) is 4.90 Å². The molecule has 1 amide bonds.